The molecule has 0 amide bonds. The van der Waals surface area contributed by atoms with Gasteiger partial charge in [-0.05, 0) is 60.2 Å². The highest BCUT2D eigenvalue weighted by molar-refractivity contribution is 7.91. The third kappa shape index (κ3) is 4.83. The molecule has 2 aromatic heterocycles. The summed E-state index contributed by atoms with van der Waals surface area (Å²) in [6, 6.07) is 12.3. The van der Waals surface area contributed by atoms with Crippen LogP contribution < -0.4 is 4.90 Å². The Balaban J connectivity index is 1.62. The molecule has 1 saturated heterocycles. The van der Waals surface area contributed by atoms with E-state index in [1.807, 2.05) is 17.0 Å². The van der Waals surface area contributed by atoms with Crippen LogP contribution in [0.25, 0.3) is 0 Å². The molecule has 0 radical (unpaired) electrons. The number of sulfonamides is 1. The Morgan fingerprint density at radius 2 is 1.76 bits per heavy atom. The van der Waals surface area contributed by atoms with Gasteiger partial charge in [-0.3, -0.25) is 4.98 Å². The maximum Gasteiger partial charge on any atom is 0.421 e. The van der Waals surface area contributed by atoms with Gasteiger partial charge >= 0.3 is 6.18 Å². The highest BCUT2D eigenvalue weighted by Crippen LogP contribution is 2.39. The topological polar surface area (TPSA) is 73.7 Å². The van der Waals surface area contributed by atoms with Gasteiger partial charge in [0.2, 0.25) is 0 Å². The summed E-state index contributed by atoms with van der Waals surface area (Å²) in [6.45, 7) is 1.57. The second-order valence-corrected chi connectivity index (χ2v) is 11.4. The monoisotopic (exact) mass is 511 g/mol. The summed E-state index contributed by atoms with van der Waals surface area (Å²) < 4.78 is 67.6. The Morgan fingerprint density at radius 3 is 2.35 bits per heavy atom. The van der Waals surface area contributed by atoms with Gasteiger partial charge in [-0.15, -0.1) is 11.3 Å². The molecule has 34 heavy (non-hydrogen) atoms. The molecule has 0 saturated carbocycles. The first kappa shape index (κ1) is 24.6. The van der Waals surface area contributed by atoms with Crippen LogP contribution in [-0.2, 0) is 22.0 Å². The summed E-state index contributed by atoms with van der Waals surface area (Å²) in [7, 11) is -3.64. The molecule has 1 aromatic carbocycles. The smallest absolute Gasteiger partial charge is 0.376 e. The third-order valence-electron chi connectivity index (χ3n) is 6.07. The minimum atomic E-state index is -4.81. The molecule has 1 unspecified atom stereocenters. The van der Waals surface area contributed by atoms with Gasteiger partial charge in [0.05, 0.1) is 0 Å². The summed E-state index contributed by atoms with van der Waals surface area (Å²) in [5.74, 6) is 0. The molecule has 0 bridgehead atoms. The van der Waals surface area contributed by atoms with Gasteiger partial charge < -0.3 is 10.0 Å². The fraction of sp³-hybridized carbons (Fsp3) is 0.348. The number of halogens is 3. The van der Waals surface area contributed by atoms with E-state index in [-0.39, 0.29) is 28.9 Å². The molecule has 11 heteroatoms. The van der Waals surface area contributed by atoms with E-state index in [0.29, 0.717) is 18.7 Å². The van der Waals surface area contributed by atoms with Crippen LogP contribution in [0.15, 0.2) is 70.5 Å². The Morgan fingerprint density at radius 1 is 1.09 bits per heavy atom. The van der Waals surface area contributed by atoms with Gasteiger partial charge in [-0.25, -0.2) is 8.42 Å². The number of alkyl halides is 3. The van der Waals surface area contributed by atoms with E-state index in [1.54, 1.807) is 42.0 Å². The van der Waals surface area contributed by atoms with Crippen molar-refractivity contribution < 1.29 is 26.7 Å². The van der Waals surface area contributed by atoms with E-state index in [2.05, 4.69) is 4.98 Å². The predicted molar refractivity (Wildman–Crippen MR) is 124 cm³/mol. The van der Waals surface area contributed by atoms with Crippen molar-refractivity contribution in [1.29, 1.82) is 0 Å². The fourth-order valence-corrected chi connectivity index (χ4v) is 6.64. The largest absolute Gasteiger partial charge is 0.421 e. The molecule has 1 fully saturated rings. The summed E-state index contributed by atoms with van der Waals surface area (Å²) in [5.41, 5.74) is -1.59. The number of piperazine rings is 1. The van der Waals surface area contributed by atoms with Crippen molar-refractivity contribution in [2.75, 3.05) is 24.5 Å². The standard InChI is InChI=1S/C23H24F3N3O3S2/c1-22(30,23(24,25)26)18-4-6-19(7-5-18)29-13-12-28(34(31,32)21-3-2-14-33-21)16-20(29)15-17-8-10-27-11-9-17/h2-11,14,20,30H,12-13,15-16H2,1H3/t20-,22?/m0/s1. The van der Waals surface area contributed by atoms with Crippen LogP contribution in [0.2, 0.25) is 0 Å². The van der Waals surface area contributed by atoms with E-state index in [1.165, 1.54) is 16.4 Å². The molecule has 1 aliphatic rings. The summed E-state index contributed by atoms with van der Waals surface area (Å²) in [6.07, 6.45) is -0.950. The second-order valence-electron chi connectivity index (χ2n) is 8.32. The first-order valence-electron chi connectivity index (χ1n) is 10.6. The maximum atomic E-state index is 13.2. The molecule has 182 valence electrons. The van der Waals surface area contributed by atoms with E-state index < -0.39 is 21.8 Å². The van der Waals surface area contributed by atoms with Crippen molar-refractivity contribution in [2.45, 2.75) is 35.4 Å². The number of aliphatic hydroxyl groups is 1. The summed E-state index contributed by atoms with van der Waals surface area (Å²) in [4.78, 5) is 6.03. The Labute approximate surface area is 200 Å². The van der Waals surface area contributed by atoms with Gasteiger partial charge in [0, 0.05) is 43.8 Å². The number of hydrogen-bond donors (Lipinski definition) is 1. The first-order valence-corrected chi connectivity index (χ1v) is 12.9. The number of rotatable bonds is 6. The quantitative estimate of drug-likeness (QED) is 0.541. The average Bonchev–Trinajstić information content (AvgIpc) is 3.35. The summed E-state index contributed by atoms with van der Waals surface area (Å²) in [5, 5.41) is 11.7. The predicted octanol–water partition coefficient (Wildman–Crippen LogP) is 4.04. The highest BCUT2D eigenvalue weighted by Gasteiger charge is 2.51. The van der Waals surface area contributed by atoms with Gasteiger partial charge in [-0.2, -0.15) is 17.5 Å². The zero-order chi connectivity index (χ0) is 24.6. The van der Waals surface area contributed by atoms with Gasteiger partial charge in [0.15, 0.2) is 5.60 Å². The zero-order valence-corrected chi connectivity index (χ0v) is 19.9. The van der Waals surface area contributed by atoms with Crippen LogP contribution in [0.4, 0.5) is 18.9 Å². The molecule has 6 nitrogen and oxygen atoms in total. The first-order chi connectivity index (χ1) is 16.0. The number of benzene rings is 1. The molecule has 0 aliphatic carbocycles. The van der Waals surface area contributed by atoms with E-state index in [9.17, 15) is 26.7 Å². The fourth-order valence-electron chi connectivity index (χ4n) is 4.03. The Kier molecular flexibility index (Phi) is 6.74. The van der Waals surface area contributed by atoms with E-state index >= 15 is 0 Å². The number of anilines is 1. The Bertz CT molecular complexity index is 1200. The lowest BCUT2D eigenvalue weighted by Gasteiger charge is -2.42. The average molecular weight is 512 g/mol. The number of hydrogen-bond acceptors (Lipinski definition) is 6. The third-order valence-corrected chi connectivity index (χ3v) is 9.31. The molecule has 3 aromatic rings. The molecule has 4 rings (SSSR count). The van der Waals surface area contributed by atoms with E-state index in [4.69, 9.17) is 0 Å². The van der Waals surface area contributed by atoms with Gasteiger partial charge in [-0.1, -0.05) is 18.2 Å². The van der Waals surface area contributed by atoms with Crippen LogP contribution >= 0.6 is 11.3 Å². The molecule has 1 aliphatic heterocycles. The number of thiophene rings is 1. The SMILES string of the molecule is CC(O)(c1ccc(N2CCN(S(=O)(=O)c3cccs3)C[C@@H]2Cc2ccncc2)cc1)C(F)(F)F. The molecular weight excluding hydrogens is 487 g/mol. The molecular formula is C23H24F3N3O3S2. The zero-order valence-electron chi connectivity index (χ0n) is 18.3. The van der Waals surface area contributed by atoms with Crippen molar-refractivity contribution in [3.05, 3.63) is 77.4 Å². The van der Waals surface area contributed by atoms with Crippen molar-refractivity contribution in [2.24, 2.45) is 0 Å². The van der Waals surface area contributed by atoms with Gasteiger partial charge in [0.1, 0.15) is 4.21 Å². The van der Waals surface area contributed by atoms with Crippen molar-refractivity contribution in [1.82, 2.24) is 9.29 Å². The Hall–Kier alpha value is -2.47. The van der Waals surface area contributed by atoms with Gasteiger partial charge in [0.25, 0.3) is 10.0 Å². The summed E-state index contributed by atoms with van der Waals surface area (Å²) >= 11 is 1.16. The highest BCUT2D eigenvalue weighted by atomic mass is 32.2. The second kappa shape index (κ2) is 9.29. The molecule has 3 heterocycles. The molecule has 0 spiro atoms. The van der Waals surface area contributed by atoms with Crippen molar-refractivity contribution >= 4 is 27.0 Å². The lowest BCUT2D eigenvalue weighted by molar-refractivity contribution is -0.258. The van der Waals surface area contributed by atoms with Crippen molar-refractivity contribution in [3.8, 4) is 0 Å². The number of aromatic nitrogens is 1. The van der Waals surface area contributed by atoms with Crippen LogP contribution in [-0.4, -0.2) is 54.7 Å². The normalized spacial score (nSPS) is 19.7. The van der Waals surface area contributed by atoms with Crippen LogP contribution in [0.5, 0.6) is 0 Å². The van der Waals surface area contributed by atoms with Crippen LogP contribution in [0.3, 0.4) is 0 Å². The number of nitrogens with zero attached hydrogens (tertiary/aromatic N) is 3. The minimum absolute atomic E-state index is 0.227. The molecule has 1 N–H and O–H groups in total. The minimum Gasteiger partial charge on any atom is -0.376 e. The lowest BCUT2D eigenvalue weighted by Crippen LogP contribution is -2.55. The number of pyridine rings is 1. The van der Waals surface area contributed by atoms with E-state index in [0.717, 1.165) is 23.8 Å². The molecule has 2 atom stereocenters. The van der Waals surface area contributed by atoms with Crippen molar-refractivity contribution in [3.63, 3.8) is 0 Å². The lowest BCUT2D eigenvalue weighted by atomic mass is 9.94. The van der Waals surface area contributed by atoms with Crippen LogP contribution in [0.1, 0.15) is 18.1 Å². The van der Waals surface area contributed by atoms with Crippen LogP contribution in [0, 0.1) is 0 Å². The maximum absolute atomic E-state index is 13.2.